The van der Waals surface area contributed by atoms with Crippen LogP contribution in [-0.4, -0.2) is 24.5 Å². The van der Waals surface area contributed by atoms with Gasteiger partial charge >= 0.3 is 12.1 Å². The summed E-state index contributed by atoms with van der Waals surface area (Å²) in [4.78, 5) is 25.1. The van der Waals surface area contributed by atoms with Gasteiger partial charge in [-0.15, -0.1) is 0 Å². The number of halogens is 3. The molecular formula is C20H15F3N2O2. The van der Waals surface area contributed by atoms with Crippen molar-refractivity contribution in [3.63, 3.8) is 0 Å². The number of nitrogens with zero attached hydrogens (tertiary/aromatic N) is 1. The predicted molar refractivity (Wildman–Crippen MR) is 93.7 cm³/mol. The maximum Gasteiger partial charge on any atom is 0.471 e. The summed E-state index contributed by atoms with van der Waals surface area (Å²) in [6.45, 7) is -0.156. The van der Waals surface area contributed by atoms with Gasteiger partial charge in [0.2, 0.25) is 5.91 Å². The fourth-order valence-electron chi connectivity index (χ4n) is 2.73. The van der Waals surface area contributed by atoms with Crippen molar-refractivity contribution in [2.24, 2.45) is 0 Å². The fourth-order valence-corrected chi connectivity index (χ4v) is 2.73. The lowest BCUT2D eigenvalue weighted by Crippen LogP contribution is -2.40. The van der Waals surface area contributed by atoms with Gasteiger partial charge in [-0.2, -0.15) is 13.2 Å². The normalized spacial score (nSPS) is 12.6. The minimum atomic E-state index is -4.97. The average molecular weight is 372 g/mol. The lowest BCUT2D eigenvalue weighted by Gasteiger charge is -2.26. The molecule has 0 aromatic heterocycles. The first-order valence-corrected chi connectivity index (χ1v) is 8.20. The molecule has 0 bridgehead atoms. The van der Waals surface area contributed by atoms with Crippen LogP contribution in [0.3, 0.4) is 0 Å². The number of benzene rings is 2. The lowest BCUT2D eigenvalue weighted by molar-refractivity contribution is -0.173. The Morgan fingerprint density at radius 1 is 1.00 bits per heavy atom. The number of nitrogens with one attached hydrogen (secondary N) is 1. The smallest absolute Gasteiger partial charge is 0.348 e. The van der Waals surface area contributed by atoms with Crippen molar-refractivity contribution in [1.29, 1.82) is 0 Å². The standard InChI is InChI=1S/C20H15F3N2O2/c21-20(22,23)19(27)24-12-11-18(26)25-13-16-7-2-1-5-14(16)9-10-15-6-3-4-8-17(15)25/h1-8H,11-13H2,(H,24,27). The van der Waals surface area contributed by atoms with E-state index in [1.54, 1.807) is 29.6 Å². The van der Waals surface area contributed by atoms with Gasteiger partial charge in [-0.3, -0.25) is 9.59 Å². The van der Waals surface area contributed by atoms with Gasteiger partial charge in [0.05, 0.1) is 12.2 Å². The second-order valence-corrected chi connectivity index (χ2v) is 5.91. The largest absolute Gasteiger partial charge is 0.471 e. The van der Waals surface area contributed by atoms with Crippen LogP contribution >= 0.6 is 0 Å². The molecule has 0 radical (unpaired) electrons. The lowest BCUT2D eigenvalue weighted by atomic mass is 10.0. The van der Waals surface area contributed by atoms with Crippen molar-refractivity contribution < 1.29 is 22.8 Å². The van der Waals surface area contributed by atoms with Crippen LogP contribution in [0.15, 0.2) is 48.5 Å². The predicted octanol–water partition coefficient (Wildman–Crippen LogP) is 3.00. The second-order valence-electron chi connectivity index (χ2n) is 5.91. The molecule has 0 saturated heterocycles. The molecule has 1 N–H and O–H groups in total. The van der Waals surface area contributed by atoms with Crippen LogP contribution in [0.5, 0.6) is 0 Å². The SMILES string of the molecule is O=C(CCNC(=O)C(F)(F)F)N1Cc2ccccc2C#Cc2ccccc21. The number of amides is 2. The van der Waals surface area contributed by atoms with Crippen molar-refractivity contribution in [3.8, 4) is 11.8 Å². The van der Waals surface area contributed by atoms with E-state index in [2.05, 4.69) is 11.8 Å². The van der Waals surface area contributed by atoms with Gasteiger partial charge in [-0.1, -0.05) is 42.2 Å². The molecule has 2 aromatic rings. The molecule has 1 aliphatic heterocycles. The van der Waals surface area contributed by atoms with E-state index in [1.165, 1.54) is 4.90 Å². The zero-order chi connectivity index (χ0) is 19.4. The van der Waals surface area contributed by atoms with E-state index in [1.807, 2.05) is 24.3 Å². The summed E-state index contributed by atoms with van der Waals surface area (Å²) in [6, 6.07) is 14.5. The van der Waals surface area contributed by atoms with Crippen LogP contribution in [0.25, 0.3) is 0 Å². The van der Waals surface area contributed by atoms with Crippen LogP contribution in [0.2, 0.25) is 0 Å². The first-order chi connectivity index (χ1) is 12.9. The zero-order valence-electron chi connectivity index (χ0n) is 14.1. The summed E-state index contributed by atoms with van der Waals surface area (Å²) in [5.41, 5.74) is 2.87. The highest BCUT2D eigenvalue weighted by atomic mass is 19.4. The Morgan fingerprint density at radius 3 is 2.37 bits per heavy atom. The Morgan fingerprint density at radius 2 is 1.63 bits per heavy atom. The van der Waals surface area contributed by atoms with E-state index < -0.39 is 24.5 Å². The highest BCUT2D eigenvalue weighted by Gasteiger charge is 2.38. The van der Waals surface area contributed by atoms with Crippen molar-refractivity contribution in [2.75, 3.05) is 11.4 Å². The monoisotopic (exact) mass is 372 g/mol. The van der Waals surface area contributed by atoms with Crippen molar-refractivity contribution in [3.05, 3.63) is 65.2 Å². The van der Waals surface area contributed by atoms with E-state index in [0.717, 1.165) is 11.1 Å². The second kappa shape index (κ2) is 7.54. The summed E-state index contributed by atoms with van der Waals surface area (Å²) in [5, 5.41) is 1.72. The molecular weight excluding hydrogens is 357 g/mol. The molecule has 0 unspecified atom stereocenters. The fraction of sp³-hybridized carbons (Fsp3) is 0.200. The Hall–Kier alpha value is -3.27. The molecule has 7 heteroatoms. The maximum atomic E-state index is 12.7. The quantitative estimate of drug-likeness (QED) is 0.842. The number of hydrogen-bond donors (Lipinski definition) is 1. The first-order valence-electron chi connectivity index (χ1n) is 8.20. The number of carbonyl (C=O) groups is 2. The molecule has 1 aliphatic rings. The molecule has 0 spiro atoms. The maximum absolute atomic E-state index is 12.7. The van der Waals surface area contributed by atoms with Gasteiger partial charge in [0, 0.05) is 24.1 Å². The van der Waals surface area contributed by atoms with Gasteiger partial charge in [0.25, 0.3) is 0 Å². The summed E-state index contributed by atoms with van der Waals surface area (Å²) in [6.07, 6.45) is -5.23. The zero-order valence-corrected chi connectivity index (χ0v) is 14.1. The number of para-hydroxylation sites is 1. The van der Waals surface area contributed by atoms with Gasteiger partial charge in [-0.05, 0) is 23.8 Å². The van der Waals surface area contributed by atoms with Gasteiger partial charge in [-0.25, -0.2) is 0 Å². The molecule has 0 aliphatic carbocycles. The van der Waals surface area contributed by atoms with E-state index in [4.69, 9.17) is 0 Å². The number of rotatable bonds is 3. The minimum Gasteiger partial charge on any atom is -0.348 e. The summed E-state index contributed by atoms with van der Waals surface area (Å²) >= 11 is 0. The Labute approximate surface area is 154 Å². The highest BCUT2D eigenvalue weighted by molar-refractivity contribution is 5.95. The molecule has 138 valence electrons. The minimum absolute atomic E-state index is 0.244. The van der Waals surface area contributed by atoms with Crippen LogP contribution < -0.4 is 10.2 Å². The molecule has 1 heterocycles. The number of carbonyl (C=O) groups excluding carboxylic acids is 2. The van der Waals surface area contributed by atoms with Crippen LogP contribution in [0, 0.1) is 11.8 Å². The molecule has 0 atom stereocenters. The third-order valence-electron chi connectivity index (χ3n) is 4.06. The Kier molecular flexibility index (Phi) is 5.17. The third-order valence-corrected chi connectivity index (χ3v) is 4.06. The number of alkyl halides is 3. The summed E-state index contributed by atoms with van der Waals surface area (Å²) < 4.78 is 36.8. The highest BCUT2D eigenvalue weighted by Crippen LogP contribution is 2.25. The third kappa shape index (κ3) is 4.29. The summed E-state index contributed by atoms with van der Waals surface area (Å²) in [7, 11) is 0. The van der Waals surface area contributed by atoms with Crippen LogP contribution in [0.1, 0.15) is 23.1 Å². The molecule has 0 saturated carbocycles. The first kappa shape index (κ1) is 18.5. The Balaban J connectivity index is 1.83. The molecule has 27 heavy (non-hydrogen) atoms. The van der Waals surface area contributed by atoms with Crippen LogP contribution in [-0.2, 0) is 16.1 Å². The number of hydrogen-bond acceptors (Lipinski definition) is 2. The number of fused-ring (bicyclic) bond motifs is 2. The van der Waals surface area contributed by atoms with Gasteiger partial charge in [0.1, 0.15) is 0 Å². The van der Waals surface area contributed by atoms with Gasteiger partial charge < -0.3 is 10.2 Å². The van der Waals surface area contributed by atoms with E-state index in [-0.39, 0.29) is 13.0 Å². The number of anilines is 1. The molecule has 0 fully saturated rings. The van der Waals surface area contributed by atoms with E-state index in [9.17, 15) is 22.8 Å². The van der Waals surface area contributed by atoms with E-state index >= 15 is 0 Å². The average Bonchev–Trinajstić information content (AvgIpc) is 2.62. The molecule has 2 aromatic carbocycles. The molecule has 2 amide bonds. The van der Waals surface area contributed by atoms with E-state index in [0.29, 0.717) is 11.3 Å². The summed E-state index contributed by atoms with van der Waals surface area (Å²) in [5.74, 6) is 3.67. The topological polar surface area (TPSA) is 49.4 Å². The van der Waals surface area contributed by atoms with Crippen molar-refractivity contribution in [2.45, 2.75) is 19.1 Å². The molecule has 3 rings (SSSR count). The van der Waals surface area contributed by atoms with Crippen molar-refractivity contribution >= 4 is 17.5 Å². The van der Waals surface area contributed by atoms with Crippen molar-refractivity contribution in [1.82, 2.24) is 5.32 Å². The Bertz CT molecular complexity index is 942. The van der Waals surface area contributed by atoms with Crippen LogP contribution in [0.4, 0.5) is 18.9 Å². The van der Waals surface area contributed by atoms with Gasteiger partial charge in [0.15, 0.2) is 0 Å². The molecule has 4 nitrogen and oxygen atoms in total.